The van der Waals surface area contributed by atoms with Crippen LogP contribution in [-0.4, -0.2) is 9.55 Å². The van der Waals surface area contributed by atoms with Crippen molar-refractivity contribution in [2.24, 2.45) is 11.7 Å². The molecule has 29 heavy (non-hydrogen) atoms. The van der Waals surface area contributed by atoms with E-state index in [9.17, 15) is 4.79 Å². The van der Waals surface area contributed by atoms with Crippen LogP contribution in [-0.2, 0) is 13.1 Å². The van der Waals surface area contributed by atoms with E-state index in [0.717, 1.165) is 27.8 Å². The summed E-state index contributed by atoms with van der Waals surface area (Å²) < 4.78 is 7.29. The van der Waals surface area contributed by atoms with Crippen LogP contribution in [0, 0.1) is 5.92 Å². The first-order valence-electron chi connectivity index (χ1n) is 9.44. The zero-order valence-corrected chi connectivity index (χ0v) is 17.3. The standard InChI is InChI=1S/C23H23N3O2.ClH/c1-15(2)13-26-20(11-24)22(16-6-4-3-5-7-16)19-10-17(21-12-25-14-28-21)8-9-18(19)23(26)27;/h3-10,12,14-15H,11,13,24H2,1-2H3;1H. The van der Waals surface area contributed by atoms with E-state index < -0.39 is 0 Å². The topological polar surface area (TPSA) is 74.1 Å². The summed E-state index contributed by atoms with van der Waals surface area (Å²) >= 11 is 0. The van der Waals surface area contributed by atoms with Gasteiger partial charge in [-0.3, -0.25) is 4.79 Å². The van der Waals surface area contributed by atoms with Crippen molar-refractivity contribution in [2.45, 2.75) is 26.9 Å². The number of aromatic nitrogens is 2. The van der Waals surface area contributed by atoms with Crippen molar-refractivity contribution in [3.8, 4) is 22.5 Å². The molecule has 4 rings (SSSR count). The van der Waals surface area contributed by atoms with Gasteiger partial charge < -0.3 is 14.7 Å². The second kappa shape index (κ2) is 8.64. The highest BCUT2D eigenvalue weighted by atomic mass is 35.5. The van der Waals surface area contributed by atoms with E-state index in [4.69, 9.17) is 10.2 Å². The van der Waals surface area contributed by atoms with Gasteiger partial charge in [-0.1, -0.05) is 50.2 Å². The zero-order chi connectivity index (χ0) is 19.7. The van der Waals surface area contributed by atoms with Gasteiger partial charge in [-0.15, -0.1) is 12.4 Å². The Morgan fingerprint density at radius 3 is 2.45 bits per heavy atom. The minimum Gasteiger partial charge on any atom is -0.444 e. The lowest BCUT2D eigenvalue weighted by atomic mass is 9.94. The van der Waals surface area contributed by atoms with E-state index in [1.54, 1.807) is 6.20 Å². The zero-order valence-electron chi connectivity index (χ0n) is 16.5. The Labute approximate surface area is 175 Å². The average Bonchev–Trinajstić information content (AvgIpc) is 3.24. The minimum atomic E-state index is -0.00653. The molecular weight excluding hydrogens is 386 g/mol. The fraction of sp³-hybridized carbons (Fsp3) is 0.217. The Balaban J connectivity index is 0.00000240. The first kappa shape index (κ1) is 20.8. The van der Waals surface area contributed by atoms with E-state index >= 15 is 0 Å². The van der Waals surface area contributed by atoms with Gasteiger partial charge in [0.05, 0.1) is 6.20 Å². The summed E-state index contributed by atoms with van der Waals surface area (Å²) in [5, 5.41) is 1.56. The minimum absolute atomic E-state index is 0. The maximum Gasteiger partial charge on any atom is 0.258 e. The van der Waals surface area contributed by atoms with E-state index in [2.05, 4.69) is 31.0 Å². The highest BCUT2D eigenvalue weighted by Gasteiger charge is 2.19. The summed E-state index contributed by atoms with van der Waals surface area (Å²) in [5.41, 5.74) is 9.94. The van der Waals surface area contributed by atoms with Gasteiger partial charge in [0.25, 0.3) is 5.56 Å². The molecule has 0 amide bonds. The second-order valence-electron chi connectivity index (χ2n) is 7.33. The van der Waals surface area contributed by atoms with Crippen molar-refractivity contribution in [1.82, 2.24) is 9.55 Å². The lowest BCUT2D eigenvalue weighted by Crippen LogP contribution is -2.28. The number of oxazole rings is 1. The monoisotopic (exact) mass is 409 g/mol. The highest BCUT2D eigenvalue weighted by Crippen LogP contribution is 2.33. The molecule has 0 aliphatic heterocycles. The van der Waals surface area contributed by atoms with Gasteiger partial charge in [0.1, 0.15) is 0 Å². The molecule has 0 atom stereocenters. The van der Waals surface area contributed by atoms with Gasteiger partial charge in [0.2, 0.25) is 0 Å². The van der Waals surface area contributed by atoms with Crippen molar-refractivity contribution in [3.05, 3.63) is 77.2 Å². The molecule has 0 spiro atoms. The van der Waals surface area contributed by atoms with Crippen LogP contribution in [0.25, 0.3) is 33.2 Å². The second-order valence-corrected chi connectivity index (χ2v) is 7.33. The van der Waals surface area contributed by atoms with E-state index in [-0.39, 0.29) is 24.5 Å². The van der Waals surface area contributed by atoms with Gasteiger partial charge in [-0.25, -0.2) is 4.98 Å². The van der Waals surface area contributed by atoms with E-state index in [1.807, 2.05) is 41.0 Å². The maximum atomic E-state index is 13.3. The predicted octanol–water partition coefficient (Wildman–Crippen LogP) is 4.86. The lowest BCUT2D eigenvalue weighted by molar-refractivity contribution is 0.499. The third-order valence-corrected chi connectivity index (χ3v) is 4.90. The fourth-order valence-corrected chi connectivity index (χ4v) is 3.71. The third kappa shape index (κ3) is 3.84. The van der Waals surface area contributed by atoms with Crippen LogP contribution in [0.5, 0.6) is 0 Å². The first-order valence-corrected chi connectivity index (χ1v) is 9.44. The van der Waals surface area contributed by atoms with Gasteiger partial charge in [-0.2, -0.15) is 0 Å². The smallest absolute Gasteiger partial charge is 0.258 e. The molecule has 0 radical (unpaired) electrons. The summed E-state index contributed by atoms with van der Waals surface area (Å²) in [5.74, 6) is 0.999. The van der Waals surface area contributed by atoms with Gasteiger partial charge in [0, 0.05) is 35.3 Å². The molecule has 0 aliphatic rings. The van der Waals surface area contributed by atoms with Gasteiger partial charge in [0.15, 0.2) is 12.2 Å². The number of pyridine rings is 1. The number of halogens is 1. The maximum absolute atomic E-state index is 13.3. The highest BCUT2D eigenvalue weighted by molar-refractivity contribution is 5.99. The Morgan fingerprint density at radius 2 is 1.83 bits per heavy atom. The molecule has 4 aromatic rings. The van der Waals surface area contributed by atoms with Crippen LogP contribution < -0.4 is 11.3 Å². The van der Waals surface area contributed by atoms with Crippen molar-refractivity contribution in [1.29, 1.82) is 0 Å². The molecule has 150 valence electrons. The Hall–Kier alpha value is -2.89. The molecule has 2 aromatic heterocycles. The molecule has 2 heterocycles. The van der Waals surface area contributed by atoms with Crippen molar-refractivity contribution in [2.75, 3.05) is 0 Å². The molecule has 0 aliphatic carbocycles. The van der Waals surface area contributed by atoms with Crippen LogP contribution in [0.1, 0.15) is 19.5 Å². The number of benzene rings is 2. The molecule has 0 fully saturated rings. The molecule has 5 nitrogen and oxygen atoms in total. The Kier molecular flexibility index (Phi) is 6.20. The number of nitrogens with two attached hydrogens (primary N) is 1. The third-order valence-electron chi connectivity index (χ3n) is 4.90. The summed E-state index contributed by atoms with van der Waals surface area (Å²) in [4.78, 5) is 17.3. The molecule has 0 saturated carbocycles. The quantitative estimate of drug-likeness (QED) is 0.510. The number of rotatable bonds is 5. The summed E-state index contributed by atoms with van der Waals surface area (Å²) in [6.45, 7) is 5.12. The number of fused-ring (bicyclic) bond motifs is 1. The fourth-order valence-electron chi connectivity index (χ4n) is 3.71. The summed E-state index contributed by atoms with van der Waals surface area (Å²) in [7, 11) is 0. The van der Waals surface area contributed by atoms with Crippen molar-refractivity contribution in [3.63, 3.8) is 0 Å². The lowest BCUT2D eigenvalue weighted by Gasteiger charge is -2.21. The molecule has 2 N–H and O–H groups in total. The average molecular weight is 410 g/mol. The van der Waals surface area contributed by atoms with Crippen LogP contribution >= 0.6 is 12.4 Å². The van der Waals surface area contributed by atoms with Gasteiger partial charge >= 0.3 is 0 Å². The van der Waals surface area contributed by atoms with Crippen LogP contribution in [0.3, 0.4) is 0 Å². The van der Waals surface area contributed by atoms with Crippen LogP contribution in [0.4, 0.5) is 0 Å². The van der Waals surface area contributed by atoms with E-state index in [0.29, 0.717) is 23.6 Å². The molecular formula is C23H24ClN3O2. The van der Waals surface area contributed by atoms with E-state index in [1.165, 1.54) is 6.39 Å². The Morgan fingerprint density at radius 1 is 1.07 bits per heavy atom. The van der Waals surface area contributed by atoms with Crippen LogP contribution in [0.15, 0.2) is 70.3 Å². The Bertz CT molecular complexity index is 1170. The molecule has 2 aromatic carbocycles. The first-order chi connectivity index (χ1) is 13.6. The number of hydrogen-bond donors (Lipinski definition) is 1. The van der Waals surface area contributed by atoms with Crippen molar-refractivity contribution >= 4 is 23.2 Å². The number of nitrogens with zero attached hydrogens (tertiary/aromatic N) is 2. The van der Waals surface area contributed by atoms with Gasteiger partial charge in [-0.05, 0) is 29.0 Å². The molecule has 0 unspecified atom stereocenters. The van der Waals surface area contributed by atoms with Crippen LogP contribution in [0.2, 0.25) is 0 Å². The molecule has 0 saturated heterocycles. The predicted molar refractivity (Wildman–Crippen MR) is 119 cm³/mol. The summed E-state index contributed by atoms with van der Waals surface area (Å²) in [6, 6.07) is 15.9. The number of hydrogen-bond acceptors (Lipinski definition) is 4. The van der Waals surface area contributed by atoms with Crippen molar-refractivity contribution < 1.29 is 4.42 Å². The molecule has 6 heteroatoms. The molecule has 0 bridgehead atoms. The SMILES string of the molecule is CC(C)Cn1c(CN)c(-c2ccccc2)c2cc(-c3cnco3)ccc2c1=O.Cl. The largest absolute Gasteiger partial charge is 0.444 e. The summed E-state index contributed by atoms with van der Waals surface area (Å²) in [6.07, 6.45) is 3.08. The normalized spacial score (nSPS) is 11.0.